The summed E-state index contributed by atoms with van der Waals surface area (Å²) >= 11 is 0. The van der Waals surface area contributed by atoms with E-state index in [9.17, 15) is 87.2 Å². The molecule has 0 radical (unpaired) electrons. The Morgan fingerprint density at radius 2 is 1.17 bits per heavy atom. The lowest BCUT2D eigenvalue weighted by Crippen LogP contribution is -2.61. The Bertz CT molecular complexity index is 5090. The minimum Gasteiger partial charge on any atom is -0.481 e. The lowest BCUT2D eigenvalue weighted by Gasteiger charge is -2.29. The second-order valence-corrected chi connectivity index (χ2v) is 35.4. The summed E-state index contributed by atoms with van der Waals surface area (Å²) in [7, 11) is 3.11. The molecule has 3 aromatic heterocycles. The number of fused-ring (bicyclic) bond motifs is 2. The molecule has 0 saturated carbocycles. The molecule has 14 amide bonds. The largest absolute Gasteiger partial charge is 0.481 e. The molecule has 19 N–H and O–H groups in total. The number of aromatic amines is 2. The highest BCUT2D eigenvalue weighted by Crippen LogP contribution is 2.27. The van der Waals surface area contributed by atoms with Gasteiger partial charge in [0.25, 0.3) is 0 Å². The van der Waals surface area contributed by atoms with Crippen LogP contribution in [0.2, 0.25) is 0 Å². The molecule has 0 unspecified atom stereocenters. The number of hydrogen-bond acceptors (Lipinski definition) is 26. The van der Waals surface area contributed by atoms with Gasteiger partial charge in [-0.25, -0.2) is 9.18 Å². The van der Waals surface area contributed by atoms with Crippen LogP contribution >= 0.6 is 21.6 Å². The minimum absolute atomic E-state index is 0.0954. The number of amides is 14. The zero-order valence-corrected chi connectivity index (χ0v) is 76.4. The molecular formula is C86H116FN19O24S2. The number of H-pyrrole nitrogens is 2. The van der Waals surface area contributed by atoms with Crippen LogP contribution in [0.4, 0.5) is 4.39 Å². The molecule has 4 heterocycles. The van der Waals surface area contributed by atoms with Gasteiger partial charge in [-0.1, -0.05) is 111 Å². The van der Waals surface area contributed by atoms with Gasteiger partial charge >= 0.3 is 17.9 Å². The van der Waals surface area contributed by atoms with Crippen LogP contribution in [0.15, 0.2) is 85.3 Å². The molecule has 0 bridgehead atoms. The number of ketones is 1. The van der Waals surface area contributed by atoms with Crippen molar-refractivity contribution in [2.75, 3.05) is 37.9 Å². The summed E-state index contributed by atoms with van der Waals surface area (Å²) in [6, 6.07) is -3.95. The number of aliphatic carboxylic acids is 2. The molecule has 43 nitrogen and oxygen atoms in total. The number of hydrogen-bond donors (Lipinski definition) is 19. The molecule has 7 rings (SSSR count). The predicted octanol–water partition coefficient (Wildman–Crippen LogP) is -0.637. The molecular weight excluding hydrogens is 1770 g/mol. The van der Waals surface area contributed by atoms with E-state index in [1.165, 1.54) is 23.9 Å². The highest BCUT2D eigenvalue weighted by molar-refractivity contribution is 8.76. The number of rotatable bonds is 34. The molecule has 1 saturated heterocycles. The van der Waals surface area contributed by atoms with Gasteiger partial charge < -0.3 is 119 Å². The van der Waals surface area contributed by atoms with Crippen molar-refractivity contribution in [3.05, 3.63) is 114 Å². The summed E-state index contributed by atoms with van der Waals surface area (Å²) in [5.74, 6) is -24.0. The van der Waals surface area contributed by atoms with Crippen LogP contribution in [-0.2, 0) is 129 Å². The number of carbonyl (C=O) groups excluding carboxylic acids is 16. The summed E-state index contributed by atoms with van der Waals surface area (Å²) < 4.78 is 33.4. The summed E-state index contributed by atoms with van der Waals surface area (Å²) in [4.78, 5) is 260. The molecule has 46 heteroatoms. The molecule has 132 heavy (non-hydrogen) atoms. The van der Waals surface area contributed by atoms with Crippen molar-refractivity contribution in [2.45, 2.75) is 219 Å². The fourth-order valence-corrected chi connectivity index (χ4v) is 15.9. The number of aromatic nitrogens is 5. The van der Waals surface area contributed by atoms with Crippen LogP contribution < -0.4 is 79.2 Å². The molecule has 1 aliphatic heterocycles. The number of benzene rings is 3. The van der Waals surface area contributed by atoms with E-state index in [0.29, 0.717) is 60.2 Å². The summed E-state index contributed by atoms with van der Waals surface area (Å²) in [5.41, 5.74) is 2.65. The van der Waals surface area contributed by atoms with Gasteiger partial charge in [-0.15, -0.1) is 5.10 Å². The van der Waals surface area contributed by atoms with Crippen molar-refractivity contribution in [3.8, 4) is 5.75 Å². The number of nitrogens with zero attached hydrogens (tertiary/aromatic N) is 3. The molecule has 6 aromatic rings. The Labute approximate surface area is 766 Å². The van der Waals surface area contributed by atoms with Crippen LogP contribution in [0.25, 0.3) is 21.8 Å². The van der Waals surface area contributed by atoms with E-state index in [1.54, 1.807) is 110 Å². The van der Waals surface area contributed by atoms with Gasteiger partial charge in [0, 0.05) is 85.5 Å². The molecule has 13 atom stereocenters. The number of carboxylic acids is 2. The number of Topliss-reactive ketones (excluding diaryl/α,β-unsaturated/α-hetero) is 1. The molecule has 0 aliphatic carbocycles. The lowest BCUT2D eigenvalue weighted by molar-refractivity contribution is -0.145. The van der Waals surface area contributed by atoms with Gasteiger partial charge in [-0.05, 0) is 98.7 Å². The number of aryl methyl sites for hydroxylation is 1. The first kappa shape index (κ1) is 106. The van der Waals surface area contributed by atoms with Gasteiger partial charge in [0.1, 0.15) is 77.9 Å². The Kier molecular flexibility index (Phi) is 41.9. The monoisotopic (exact) mass is 1880 g/mol. The average Bonchev–Trinajstić information content (AvgIpc) is 1.67. The number of carbonyl (C=O) groups is 18. The average molecular weight is 1880 g/mol. The van der Waals surface area contributed by atoms with Crippen molar-refractivity contribution < 1.29 is 120 Å². The lowest BCUT2D eigenvalue weighted by atomic mass is 9.98. The van der Waals surface area contributed by atoms with Gasteiger partial charge in [0.15, 0.2) is 17.6 Å². The number of aliphatic hydroxyl groups is 1. The van der Waals surface area contributed by atoms with Crippen molar-refractivity contribution in [1.29, 1.82) is 0 Å². The number of ether oxygens (including phenoxy) is 3. The van der Waals surface area contributed by atoms with E-state index in [2.05, 4.69) is 94.7 Å². The smallest absolute Gasteiger partial charge is 0.328 e. The maximum absolute atomic E-state index is 15.7. The normalized spacial score (nSPS) is 20.9. The second kappa shape index (κ2) is 52.2. The van der Waals surface area contributed by atoms with E-state index >= 15 is 18.8 Å². The topological polar surface area (TPSA) is 626 Å². The summed E-state index contributed by atoms with van der Waals surface area (Å²) in [5, 5.41) is 74.3. The van der Waals surface area contributed by atoms with Crippen molar-refractivity contribution in [1.82, 2.24) is 99.4 Å². The number of halogens is 1. The quantitative estimate of drug-likeness (QED) is 0.0103. The standard InChI is InChI=1S/C86H116FN19O24S2/c1-43(2)28-60-76(116)91-38-70(111)94-59(22-20-46(7)107)77(117)97-61(29-44(3)4)82(122)102-73(45(5)6)85(125)99-63(32-52-37-89-58-19-15-13-17-55(52)58)79(119)101-67(84(124)103-74(48(9)108)86(126)127)42-132-131-41-66(100-81(121)65(34-71(112)113)93-49(10)109)83(123)92-47(8)75(115)95-62(31-51-36-88-57-18-14-12-16-54(51)57)78(118)98-64(80(120)96-60)33-69(110)90-35-50-21-23-68(56(87)30-50)130-72(114)24-25-128-26-27-129-40-53-39-106(11)105-104-53/h12-19,21,23,30,36-37,39,43-45,47-48,59-67,73-74,88-89,108H,20,22,24-29,31-35,38,40-42H2,1-11H3,(H,90,110)(H,91,116)(H,92,123)(H,93,109)(H,94,111)(H,95,115)(H,96,120)(H,97,117)(H,98,118)(H,99,125)(H,100,121)(H,101,119)(H,102,122)(H,103,124)(H,112,113)(H,126,127)/t47-,48+,59-,60-,61-,62-,63-,64-,65-,66-,67-,73-,74-/m0/s1. The predicted molar refractivity (Wildman–Crippen MR) is 476 cm³/mol. The SMILES string of the molecule is CC(=O)CC[C@@H]1NC(=O)CNC(=O)[C@H](CC(C)C)NC(=O)[C@H](CC(=O)NCc2ccc(OC(=O)CCOCCOCc3cn(C)nn3)c(F)c2)NC(=O)[C@H](Cc2c[nH]c3ccccc23)NC(=O)[C@H](C)NC(=O)[C@@H](NC(=O)[C@H](CC(=O)O)NC(C)=O)CSSC[C@@H](C(=O)N[C@H](C(=O)O)[C@@H](C)O)NC(=O)[C@H](Cc2c[nH]c3ccccc23)NC(=O)[C@H](C(C)C)NC(=O)[C@H](CC(C)C)NC1=O. The maximum Gasteiger partial charge on any atom is 0.328 e. The van der Waals surface area contributed by atoms with Crippen LogP contribution in [0.1, 0.15) is 137 Å². The Morgan fingerprint density at radius 1 is 0.614 bits per heavy atom. The Morgan fingerprint density at radius 3 is 1.74 bits per heavy atom. The summed E-state index contributed by atoms with van der Waals surface area (Å²) in [6.07, 6.45) is -1.00. The molecule has 1 fully saturated rings. The maximum atomic E-state index is 15.7. The number of esters is 1. The molecule has 718 valence electrons. The number of nitrogens with one attached hydrogen (secondary N) is 16. The summed E-state index contributed by atoms with van der Waals surface area (Å²) in [6.45, 7) is 13.2. The fraction of sp³-hybridized carbons (Fsp3) is 0.512. The number of aliphatic hydroxyl groups excluding tert-OH is 1. The number of carboxylic acid groups (broad SMARTS) is 2. The Balaban J connectivity index is 1.27. The Hall–Kier alpha value is -13.0. The van der Waals surface area contributed by atoms with Crippen LogP contribution in [0, 0.1) is 23.6 Å². The first-order valence-corrected chi connectivity index (χ1v) is 45.1. The van der Waals surface area contributed by atoms with Crippen LogP contribution in [-0.4, -0.2) is 263 Å². The third kappa shape index (κ3) is 34.7. The van der Waals surface area contributed by atoms with Gasteiger partial charge in [0.2, 0.25) is 82.7 Å². The van der Waals surface area contributed by atoms with E-state index in [4.69, 9.17) is 14.2 Å². The van der Waals surface area contributed by atoms with Crippen molar-refractivity contribution in [3.63, 3.8) is 0 Å². The van der Waals surface area contributed by atoms with E-state index in [1.807, 2.05) is 0 Å². The van der Waals surface area contributed by atoms with Crippen molar-refractivity contribution in [2.24, 2.45) is 24.8 Å². The van der Waals surface area contributed by atoms with Crippen LogP contribution in [0.5, 0.6) is 5.75 Å². The van der Waals surface area contributed by atoms with E-state index in [0.717, 1.165) is 32.9 Å². The highest BCUT2D eigenvalue weighted by Gasteiger charge is 2.40. The van der Waals surface area contributed by atoms with Gasteiger partial charge in [-0.3, -0.25) is 81.4 Å². The molecule has 0 spiro atoms. The van der Waals surface area contributed by atoms with Gasteiger partial charge in [-0.2, -0.15) is 0 Å². The fourth-order valence-electron chi connectivity index (χ4n) is 13.6. The zero-order valence-electron chi connectivity index (χ0n) is 74.8. The van der Waals surface area contributed by atoms with Crippen LogP contribution in [0.3, 0.4) is 0 Å². The third-order valence-corrected chi connectivity index (χ3v) is 22.8. The zero-order chi connectivity index (χ0) is 97.2. The second-order valence-electron chi connectivity index (χ2n) is 32.9. The first-order chi connectivity index (χ1) is 62.5. The number of para-hydroxylation sites is 2. The highest BCUT2D eigenvalue weighted by atomic mass is 33.1. The third-order valence-electron chi connectivity index (χ3n) is 20.4. The van der Waals surface area contributed by atoms with Crippen molar-refractivity contribution >= 4 is 150 Å². The molecule has 3 aromatic carbocycles. The first-order valence-electron chi connectivity index (χ1n) is 42.6. The molecule has 1 aliphatic rings. The van der Waals surface area contributed by atoms with E-state index in [-0.39, 0.29) is 76.4 Å². The minimum atomic E-state index is -2.01. The van der Waals surface area contributed by atoms with E-state index < -0.39 is 252 Å². The van der Waals surface area contributed by atoms with Gasteiger partial charge in [0.05, 0.1) is 64.5 Å².